The van der Waals surface area contributed by atoms with Crippen LogP contribution in [0.1, 0.15) is 25.6 Å². The highest BCUT2D eigenvalue weighted by Gasteiger charge is 2.12. The molecule has 6 heteroatoms. The van der Waals surface area contributed by atoms with Gasteiger partial charge in [-0.1, -0.05) is 18.2 Å². The van der Waals surface area contributed by atoms with E-state index in [0.717, 1.165) is 18.1 Å². The molecular formula is C15H20N4O2. The fraction of sp³-hybridized carbons (Fsp3) is 0.400. The van der Waals surface area contributed by atoms with E-state index in [-0.39, 0.29) is 6.42 Å². The van der Waals surface area contributed by atoms with Gasteiger partial charge in [-0.15, -0.1) is 0 Å². The van der Waals surface area contributed by atoms with Crippen molar-refractivity contribution in [3.05, 3.63) is 42.5 Å². The summed E-state index contributed by atoms with van der Waals surface area (Å²) in [6, 6.07) is 9.96. The first kappa shape index (κ1) is 15.0. The van der Waals surface area contributed by atoms with E-state index in [9.17, 15) is 4.79 Å². The van der Waals surface area contributed by atoms with E-state index in [1.807, 2.05) is 41.9 Å². The van der Waals surface area contributed by atoms with Gasteiger partial charge in [0.05, 0.1) is 6.54 Å². The number of carboxylic acid groups (broad SMARTS) is 1. The first-order chi connectivity index (χ1) is 10.2. The summed E-state index contributed by atoms with van der Waals surface area (Å²) >= 11 is 0. The molecule has 1 N–H and O–H groups in total. The normalized spacial score (nSPS) is 10.5. The molecule has 0 saturated carbocycles. The van der Waals surface area contributed by atoms with Gasteiger partial charge in [0.25, 0.3) is 0 Å². The van der Waals surface area contributed by atoms with E-state index >= 15 is 0 Å². The molecule has 6 nitrogen and oxygen atoms in total. The van der Waals surface area contributed by atoms with Crippen molar-refractivity contribution in [1.82, 2.24) is 14.8 Å². The van der Waals surface area contributed by atoms with Gasteiger partial charge in [-0.3, -0.25) is 4.79 Å². The fourth-order valence-electron chi connectivity index (χ4n) is 2.20. The van der Waals surface area contributed by atoms with Crippen molar-refractivity contribution in [3.8, 4) is 0 Å². The second-order valence-corrected chi connectivity index (χ2v) is 4.75. The van der Waals surface area contributed by atoms with Crippen molar-refractivity contribution in [2.24, 2.45) is 0 Å². The summed E-state index contributed by atoms with van der Waals surface area (Å²) in [4.78, 5) is 17.1. The highest BCUT2D eigenvalue weighted by molar-refractivity contribution is 5.66. The lowest BCUT2D eigenvalue weighted by molar-refractivity contribution is -0.137. The van der Waals surface area contributed by atoms with Crippen LogP contribution in [0.4, 0.5) is 5.69 Å². The van der Waals surface area contributed by atoms with Crippen LogP contribution in [0, 0.1) is 0 Å². The predicted molar refractivity (Wildman–Crippen MR) is 80.1 cm³/mol. The fourth-order valence-corrected chi connectivity index (χ4v) is 2.20. The highest BCUT2D eigenvalue weighted by Crippen LogP contribution is 2.16. The summed E-state index contributed by atoms with van der Waals surface area (Å²) in [6.07, 6.45) is 2.33. The summed E-state index contributed by atoms with van der Waals surface area (Å²) in [7, 11) is 0. The molecule has 1 aromatic carbocycles. The Morgan fingerprint density at radius 3 is 2.76 bits per heavy atom. The van der Waals surface area contributed by atoms with Crippen LogP contribution >= 0.6 is 0 Å². The zero-order valence-corrected chi connectivity index (χ0v) is 12.1. The molecule has 0 aliphatic rings. The lowest BCUT2D eigenvalue weighted by Gasteiger charge is -2.24. The first-order valence-electron chi connectivity index (χ1n) is 7.09. The van der Waals surface area contributed by atoms with Gasteiger partial charge in [-0.25, -0.2) is 9.67 Å². The Balaban J connectivity index is 2.10. The summed E-state index contributed by atoms with van der Waals surface area (Å²) in [5.74, 6) is 0.122. The van der Waals surface area contributed by atoms with Gasteiger partial charge >= 0.3 is 5.97 Å². The predicted octanol–water partition coefficient (Wildman–Crippen LogP) is 2.17. The van der Waals surface area contributed by atoms with Gasteiger partial charge in [0.15, 0.2) is 0 Å². The number of para-hydroxylation sites is 1. The number of aromatic nitrogens is 3. The van der Waals surface area contributed by atoms with Crippen LogP contribution in [0.25, 0.3) is 0 Å². The Morgan fingerprint density at radius 1 is 1.33 bits per heavy atom. The number of anilines is 1. The van der Waals surface area contributed by atoms with Crippen LogP contribution in [0.15, 0.2) is 36.7 Å². The van der Waals surface area contributed by atoms with Gasteiger partial charge in [0.2, 0.25) is 0 Å². The van der Waals surface area contributed by atoms with Crippen molar-refractivity contribution in [3.63, 3.8) is 0 Å². The number of hydrogen-bond acceptors (Lipinski definition) is 4. The van der Waals surface area contributed by atoms with Gasteiger partial charge in [-0.05, 0) is 25.5 Å². The molecule has 2 rings (SSSR count). The number of carbonyl (C=O) groups is 1. The van der Waals surface area contributed by atoms with Crippen molar-refractivity contribution in [2.75, 3.05) is 11.4 Å². The molecule has 0 bridgehead atoms. The maximum absolute atomic E-state index is 10.7. The minimum atomic E-state index is -0.764. The third-order valence-electron chi connectivity index (χ3n) is 3.27. The molecule has 0 amide bonds. The second-order valence-electron chi connectivity index (χ2n) is 4.75. The van der Waals surface area contributed by atoms with E-state index in [4.69, 9.17) is 5.11 Å². The minimum Gasteiger partial charge on any atom is -0.481 e. The van der Waals surface area contributed by atoms with Crippen LogP contribution < -0.4 is 4.90 Å². The third-order valence-corrected chi connectivity index (χ3v) is 3.27. The van der Waals surface area contributed by atoms with Crippen molar-refractivity contribution in [2.45, 2.75) is 32.9 Å². The molecular weight excluding hydrogens is 268 g/mol. The molecule has 0 radical (unpaired) electrons. The van der Waals surface area contributed by atoms with Crippen LogP contribution in [-0.2, 0) is 17.9 Å². The summed E-state index contributed by atoms with van der Waals surface area (Å²) < 4.78 is 1.85. The number of aryl methyl sites for hydroxylation is 1. The van der Waals surface area contributed by atoms with E-state index in [1.54, 1.807) is 6.33 Å². The summed E-state index contributed by atoms with van der Waals surface area (Å²) in [5, 5.41) is 13.0. The van der Waals surface area contributed by atoms with E-state index < -0.39 is 5.97 Å². The number of hydrogen-bond donors (Lipinski definition) is 1. The maximum Gasteiger partial charge on any atom is 0.303 e. The van der Waals surface area contributed by atoms with Crippen molar-refractivity contribution < 1.29 is 9.90 Å². The molecule has 0 aliphatic heterocycles. The van der Waals surface area contributed by atoms with Crippen LogP contribution in [0.2, 0.25) is 0 Å². The molecule has 2 aromatic rings. The van der Waals surface area contributed by atoms with Gasteiger partial charge < -0.3 is 10.0 Å². The largest absolute Gasteiger partial charge is 0.481 e. The SMILES string of the molecule is CCn1ncnc1CN(CCCC(=O)O)c1ccccc1. The molecule has 1 heterocycles. The maximum atomic E-state index is 10.7. The molecule has 112 valence electrons. The number of carboxylic acids is 1. The molecule has 0 atom stereocenters. The van der Waals surface area contributed by atoms with E-state index in [1.165, 1.54) is 0 Å². The Hall–Kier alpha value is -2.37. The second kappa shape index (κ2) is 7.42. The third kappa shape index (κ3) is 4.30. The Labute approximate surface area is 124 Å². The van der Waals surface area contributed by atoms with E-state index in [2.05, 4.69) is 15.0 Å². The quantitative estimate of drug-likeness (QED) is 0.806. The number of benzene rings is 1. The first-order valence-corrected chi connectivity index (χ1v) is 7.09. The molecule has 21 heavy (non-hydrogen) atoms. The summed E-state index contributed by atoms with van der Waals surface area (Å²) in [6.45, 7) is 4.09. The van der Waals surface area contributed by atoms with Gasteiger partial charge in [-0.2, -0.15) is 5.10 Å². The van der Waals surface area contributed by atoms with Crippen molar-refractivity contribution >= 4 is 11.7 Å². The highest BCUT2D eigenvalue weighted by atomic mass is 16.4. The van der Waals surface area contributed by atoms with E-state index in [0.29, 0.717) is 19.5 Å². The standard InChI is InChI=1S/C15H20N4O2/c1-2-19-14(16-12-17-19)11-18(10-6-9-15(20)21)13-7-4-3-5-8-13/h3-5,7-8,12H,2,6,9-11H2,1H3,(H,20,21). The van der Waals surface area contributed by atoms with Crippen LogP contribution in [-0.4, -0.2) is 32.4 Å². The Bertz CT molecular complexity index is 568. The Kier molecular flexibility index (Phi) is 5.31. The molecule has 0 aliphatic carbocycles. The monoisotopic (exact) mass is 288 g/mol. The molecule has 1 aromatic heterocycles. The van der Waals surface area contributed by atoms with Crippen LogP contribution in [0.5, 0.6) is 0 Å². The van der Waals surface area contributed by atoms with Gasteiger partial charge in [0.1, 0.15) is 12.2 Å². The topological polar surface area (TPSA) is 71.2 Å². The number of nitrogens with zero attached hydrogens (tertiary/aromatic N) is 4. The number of aliphatic carboxylic acids is 1. The molecule has 0 saturated heterocycles. The molecule has 0 spiro atoms. The van der Waals surface area contributed by atoms with Gasteiger partial charge in [0, 0.05) is 25.2 Å². The minimum absolute atomic E-state index is 0.170. The lowest BCUT2D eigenvalue weighted by Crippen LogP contribution is -2.26. The molecule has 0 unspecified atom stereocenters. The lowest BCUT2D eigenvalue weighted by atomic mass is 10.2. The summed E-state index contributed by atoms with van der Waals surface area (Å²) in [5.41, 5.74) is 1.06. The molecule has 0 fully saturated rings. The zero-order valence-electron chi connectivity index (χ0n) is 12.1. The number of rotatable bonds is 8. The average molecular weight is 288 g/mol. The zero-order chi connectivity index (χ0) is 15.1. The van der Waals surface area contributed by atoms with Crippen molar-refractivity contribution in [1.29, 1.82) is 0 Å². The average Bonchev–Trinajstić information content (AvgIpc) is 2.94. The van der Waals surface area contributed by atoms with Crippen LogP contribution in [0.3, 0.4) is 0 Å². The smallest absolute Gasteiger partial charge is 0.303 e. The Morgan fingerprint density at radius 2 is 2.10 bits per heavy atom.